The highest BCUT2D eigenvalue weighted by Gasteiger charge is 2.42. The molecule has 0 spiro atoms. The first-order valence-corrected chi connectivity index (χ1v) is 14.0. The number of unbranched alkanes of at least 4 members (excludes halogenated alkanes) is 2. The Balaban J connectivity index is 1.77. The van der Waals surface area contributed by atoms with E-state index in [1.165, 1.54) is 13.1 Å². The van der Waals surface area contributed by atoms with E-state index in [1.54, 1.807) is 11.8 Å². The van der Waals surface area contributed by atoms with Crippen LogP contribution >= 0.6 is 19.1 Å². The summed E-state index contributed by atoms with van der Waals surface area (Å²) in [4.78, 5) is 21.6. The summed E-state index contributed by atoms with van der Waals surface area (Å²) in [5, 5.41) is 20.6. The predicted octanol–water partition coefficient (Wildman–Crippen LogP) is 4.00. The van der Waals surface area contributed by atoms with Gasteiger partial charge in [-0.25, -0.2) is 0 Å². The van der Waals surface area contributed by atoms with Gasteiger partial charge in [-0.2, -0.15) is 0 Å². The minimum Gasteiger partial charge on any atom is -0.392 e. The summed E-state index contributed by atoms with van der Waals surface area (Å²) < 4.78 is 11.3. The van der Waals surface area contributed by atoms with Crippen molar-refractivity contribution in [2.45, 2.75) is 82.2 Å². The third-order valence-electron chi connectivity index (χ3n) is 6.51. The van der Waals surface area contributed by atoms with Crippen molar-refractivity contribution in [3.8, 4) is 0 Å². The molecule has 2 aliphatic rings. The summed E-state index contributed by atoms with van der Waals surface area (Å²) in [5.74, 6) is 0.733. The molecule has 7 heteroatoms. The lowest BCUT2D eigenvalue weighted by atomic mass is 9.63. The minimum atomic E-state index is -2.92. The van der Waals surface area contributed by atoms with Crippen LogP contribution in [0, 0.1) is 11.3 Å². The molecule has 2 fully saturated rings. The Bertz CT molecular complexity index is 578. The standard InChI is InChI=1S/C21H37O5PS/c1-3-21(11-8-12-21)19(24)10-7-9-16-17(22)15-18(23)20(16)28-14-6-4-5-13-27(2,25)26/h7,9,16-17,19-20,22,24H,3-6,8,10-15H2,1-2H3,(H,25,26)/b9-7+. The molecule has 0 aromatic carbocycles. The van der Waals surface area contributed by atoms with Crippen molar-refractivity contribution in [2.75, 3.05) is 18.6 Å². The average Bonchev–Trinajstić information content (AvgIpc) is 2.83. The number of hydrogen-bond donors (Lipinski definition) is 3. The van der Waals surface area contributed by atoms with Gasteiger partial charge >= 0.3 is 0 Å². The van der Waals surface area contributed by atoms with Gasteiger partial charge in [0.2, 0.25) is 0 Å². The number of Topliss-reactive ketones (excluding diaryl/α,β-unsaturated/α-hetero) is 1. The first kappa shape index (κ1) is 24.1. The third-order valence-corrected chi connectivity index (χ3v) is 9.12. The molecular weight excluding hydrogens is 395 g/mol. The van der Waals surface area contributed by atoms with E-state index >= 15 is 0 Å². The lowest BCUT2D eigenvalue weighted by molar-refractivity contribution is -0.117. The van der Waals surface area contributed by atoms with E-state index in [0.29, 0.717) is 12.6 Å². The number of hydrogen-bond acceptors (Lipinski definition) is 5. The summed E-state index contributed by atoms with van der Waals surface area (Å²) in [6, 6.07) is 0. The van der Waals surface area contributed by atoms with Crippen LogP contribution in [0.2, 0.25) is 0 Å². The zero-order valence-electron chi connectivity index (χ0n) is 17.3. The Kier molecular flexibility index (Phi) is 9.28. The molecule has 2 rings (SSSR count). The second-order valence-corrected chi connectivity index (χ2v) is 12.5. The van der Waals surface area contributed by atoms with Crippen LogP contribution in [0.5, 0.6) is 0 Å². The van der Waals surface area contributed by atoms with E-state index in [9.17, 15) is 24.5 Å². The van der Waals surface area contributed by atoms with Gasteiger partial charge in [0.25, 0.3) is 0 Å². The smallest absolute Gasteiger partial charge is 0.197 e. The Morgan fingerprint density at radius 2 is 2.04 bits per heavy atom. The average molecular weight is 433 g/mol. The van der Waals surface area contributed by atoms with Crippen LogP contribution in [0.3, 0.4) is 0 Å². The molecule has 5 atom stereocenters. The van der Waals surface area contributed by atoms with Crippen LogP contribution in [0.15, 0.2) is 12.2 Å². The second kappa shape index (κ2) is 10.8. The van der Waals surface area contributed by atoms with E-state index in [4.69, 9.17) is 0 Å². The summed E-state index contributed by atoms with van der Waals surface area (Å²) >= 11 is 1.59. The first-order chi connectivity index (χ1) is 13.2. The molecule has 28 heavy (non-hydrogen) atoms. The van der Waals surface area contributed by atoms with E-state index < -0.39 is 13.5 Å². The van der Waals surface area contributed by atoms with Crippen molar-refractivity contribution in [3.05, 3.63) is 12.2 Å². The van der Waals surface area contributed by atoms with Gasteiger partial charge in [0.05, 0.1) is 17.5 Å². The molecule has 0 heterocycles. The zero-order chi connectivity index (χ0) is 20.8. The number of carbonyl (C=O) groups is 1. The van der Waals surface area contributed by atoms with Crippen LogP contribution in [-0.2, 0) is 9.36 Å². The number of aliphatic hydroxyl groups excluding tert-OH is 2. The summed E-state index contributed by atoms with van der Waals surface area (Å²) in [5.41, 5.74) is 0.0691. The van der Waals surface area contributed by atoms with Gasteiger partial charge in [-0.1, -0.05) is 31.9 Å². The van der Waals surface area contributed by atoms with E-state index in [1.807, 2.05) is 12.2 Å². The van der Waals surface area contributed by atoms with Crippen LogP contribution in [0.1, 0.15) is 64.7 Å². The summed E-state index contributed by atoms with van der Waals surface area (Å²) in [6.07, 6.45) is 10.9. The fourth-order valence-electron chi connectivity index (χ4n) is 4.37. The van der Waals surface area contributed by atoms with Gasteiger partial charge in [-0.3, -0.25) is 9.36 Å². The molecule has 3 N–H and O–H groups in total. The van der Waals surface area contributed by atoms with E-state index in [-0.39, 0.29) is 34.9 Å². The number of thioether (sulfide) groups is 1. The lowest BCUT2D eigenvalue weighted by Crippen LogP contribution is -2.40. The van der Waals surface area contributed by atoms with Gasteiger partial charge < -0.3 is 15.1 Å². The van der Waals surface area contributed by atoms with Crippen molar-refractivity contribution >= 4 is 24.9 Å². The molecule has 0 bridgehead atoms. The van der Waals surface area contributed by atoms with Crippen molar-refractivity contribution in [3.63, 3.8) is 0 Å². The maximum atomic E-state index is 12.3. The Labute approximate surface area is 173 Å². The number of aliphatic hydroxyl groups is 2. The van der Waals surface area contributed by atoms with Crippen molar-refractivity contribution in [2.24, 2.45) is 11.3 Å². The fraction of sp³-hybridized carbons (Fsp3) is 0.857. The molecule has 0 radical (unpaired) electrons. The van der Waals surface area contributed by atoms with Crippen LogP contribution < -0.4 is 0 Å². The zero-order valence-corrected chi connectivity index (χ0v) is 19.0. The largest absolute Gasteiger partial charge is 0.392 e. The molecule has 2 aliphatic carbocycles. The van der Waals surface area contributed by atoms with Gasteiger partial charge in [0, 0.05) is 25.2 Å². The van der Waals surface area contributed by atoms with Gasteiger partial charge in [0.1, 0.15) is 5.78 Å². The Hall–Kier alpha value is -0.130. The van der Waals surface area contributed by atoms with Crippen molar-refractivity contribution < 1.29 is 24.5 Å². The Morgan fingerprint density at radius 1 is 1.32 bits per heavy atom. The third kappa shape index (κ3) is 6.70. The number of carbonyl (C=O) groups excluding carboxylic acids is 1. The predicted molar refractivity (Wildman–Crippen MR) is 116 cm³/mol. The highest BCUT2D eigenvalue weighted by Crippen LogP contribution is 2.47. The summed E-state index contributed by atoms with van der Waals surface area (Å²) in [6.45, 7) is 3.53. The molecule has 5 unspecified atom stereocenters. The minimum absolute atomic E-state index is 0.0691. The van der Waals surface area contributed by atoms with Gasteiger partial charge in [0.15, 0.2) is 7.37 Å². The second-order valence-electron chi connectivity index (χ2n) is 8.69. The quantitative estimate of drug-likeness (QED) is 0.245. The number of rotatable bonds is 12. The van der Waals surface area contributed by atoms with Crippen molar-refractivity contribution in [1.29, 1.82) is 0 Å². The Morgan fingerprint density at radius 3 is 2.61 bits per heavy atom. The van der Waals surface area contributed by atoms with Crippen molar-refractivity contribution in [1.82, 2.24) is 0 Å². The highest BCUT2D eigenvalue weighted by molar-refractivity contribution is 8.00. The van der Waals surface area contributed by atoms with Crippen LogP contribution in [0.25, 0.3) is 0 Å². The van der Waals surface area contributed by atoms with Gasteiger partial charge in [-0.05, 0) is 49.7 Å². The van der Waals surface area contributed by atoms with Crippen LogP contribution in [-0.4, -0.2) is 56.9 Å². The van der Waals surface area contributed by atoms with Gasteiger partial charge in [-0.15, -0.1) is 11.8 Å². The molecule has 162 valence electrons. The molecule has 5 nitrogen and oxygen atoms in total. The maximum Gasteiger partial charge on any atom is 0.197 e. The molecule has 2 saturated carbocycles. The molecule has 0 aliphatic heterocycles. The topological polar surface area (TPSA) is 94.8 Å². The summed E-state index contributed by atoms with van der Waals surface area (Å²) in [7, 11) is -2.92. The molecular formula is C21H37O5PS. The van der Waals surface area contributed by atoms with E-state index in [0.717, 1.165) is 44.3 Å². The molecule has 0 aromatic heterocycles. The highest BCUT2D eigenvalue weighted by atomic mass is 32.2. The number of ketones is 1. The molecule has 0 aromatic rings. The molecule has 0 saturated heterocycles. The fourth-order valence-corrected chi connectivity index (χ4v) is 6.58. The van der Waals surface area contributed by atoms with Crippen LogP contribution in [0.4, 0.5) is 0 Å². The molecule has 0 amide bonds. The normalized spacial score (nSPS) is 30.3. The first-order valence-electron chi connectivity index (χ1n) is 10.6. The van der Waals surface area contributed by atoms with E-state index in [2.05, 4.69) is 6.92 Å². The maximum absolute atomic E-state index is 12.3. The SMILES string of the molecule is CCC1(C(O)C/C=C/C2C(O)CC(=O)C2SCCCCCP(C)(=O)O)CCC1. The lowest BCUT2D eigenvalue weighted by Gasteiger charge is -2.45. The monoisotopic (exact) mass is 432 g/mol.